The van der Waals surface area contributed by atoms with Crippen LogP contribution in [0.2, 0.25) is 0 Å². The van der Waals surface area contributed by atoms with Crippen molar-refractivity contribution >= 4 is 17.9 Å². The van der Waals surface area contributed by atoms with Crippen molar-refractivity contribution in [2.45, 2.75) is 130 Å². The van der Waals surface area contributed by atoms with Crippen LogP contribution in [0.4, 0.5) is 4.79 Å². The summed E-state index contributed by atoms with van der Waals surface area (Å²) in [4.78, 5) is 43.3. The summed E-state index contributed by atoms with van der Waals surface area (Å²) in [5, 5.41) is 15.7. The fraction of sp³-hybridized carbons (Fsp3) is 0.583. The van der Waals surface area contributed by atoms with E-state index < -0.39 is 29.3 Å². The normalized spacial score (nSPS) is 13.1. The lowest BCUT2D eigenvalue weighted by Crippen LogP contribution is -2.55. The van der Waals surface area contributed by atoms with Crippen LogP contribution in [0.15, 0.2) is 48.5 Å². The quantitative estimate of drug-likeness (QED) is 0.185. The van der Waals surface area contributed by atoms with Crippen molar-refractivity contribution in [3.63, 3.8) is 0 Å². The molecule has 0 saturated carbocycles. The van der Waals surface area contributed by atoms with E-state index in [1.165, 1.54) is 0 Å². The number of phenols is 1. The number of aromatic hydroxyl groups is 1. The number of rotatable bonds is 15. The van der Waals surface area contributed by atoms with Gasteiger partial charge in [0.15, 0.2) is 0 Å². The number of aryl methyl sites for hydroxylation is 1. The Hall–Kier alpha value is -3.55. The number of carbonyl (C=O) groups excluding carboxylic acids is 3. The summed E-state index contributed by atoms with van der Waals surface area (Å²) in [6, 6.07) is 12.5. The number of ether oxygens (including phenoxy) is 1. The Bertz CT molecular complexity index is 1180. The Morgan fingerprint density at radius 2 is 1.39 bits per heavy atom. The standard InChI is InChI=1S/C36H55N3O5/c1-9-11-12-13-14-15-24-39(31(32(41)38-35(3,4)5)28-20-16-26(10-2)17-21-28)33(42)30(37-34(43)44-36(6,7)8)25-27-18-22-29(40)23-19-27/h16-23,30-31,40H,9-15,24-25H2,1-8H3,(H,37,43)(H,38,41). The van der Waals surface area contributed by atoms with E-state index in [1.807, 2.05) is 45.0 Å². The van der Waals surface area contributed by atoms with Gasteiger partial charge in [0.2, 0.25) is 11.8 Å². The van der Waals surface area contributed by atoms with Gasteiger partial charge in [0, 0.05) is 18.5 Å². The van der Waals surface area contributed by atoms with Crippen LogP contribution in [0.3, 0.4) is 0 Å². The van der Waals surface area contributed by atoms with Crippen LogP contribution in [0.25, 0.3) is 0 Å². The zero-order chi connectivity index (χ0) is 32.9. The van der Waals surface area contributed by atoms with Crippen molar-refractivity contribution < 1.29 is 24.2 Å². The maximum absolute atomic E-state index is 14.6. The van der Waals surface area contributed by atoms with Crippen molar-refractivity contribution in [2.24, 2.45) is 0 Å². The lowest BCUT2D eigenvalue weighted by molar-refractivity contribution is -0.143. The molecule has 0 aromatic heterocycles. The molecule has 44 heavy (non-hydrogen) atoms. The highest BCUT2D eigenvalue weighted by Gasteiger charge is 2.37. The van der Waals surface area contributed by atoms with Crippen LogP contribution in [-0.2, 0) is 27.2 Å². The summed E-state index contributed by atoms with van der Waals surface area (Å²) in [5.41, 5.74) is 1.32. The van der Waals surface area contributed by atoms with Crippen LogP contribution in [0.5, 0.6) is 5.75 Å². The van der Waals surface area contributed by atoms with Crippen LogP contribution in [0.1, 0.15) is 117 Å². The highest BCUT2D eigenvalue weighted by atomic mass is 16.6. The van der Waals surface area contributed by atoms with E-state index in [0.717, 1.165) is 56.1 Å². The van der Waals surface area contributed by atoms with Crippen molar-refractivity contribution in [1.82, 2.24) is 15.5 Å². The average Bonchev–Trinajstić information content (AvgIpc) is 2.93. The smallest absolute Gasteiger partial charge is 0.408 e. The molecule has 3 N–H and O–H groups in total. The lowest BCUT2D eigenvalue weighted by Gasteiger charge is -2.36. The van der Waals surface area contributed by atoms with Gasteiger partial charge >= 0.3 is 6.09 Å². The zero-order valence-corrected chi connectivity index (χ0v) is 28.2. The molecule has 0 saturated heterocycles. The predicted molar refractivity (Wildman–Crippen MR) is 177 cm³/mol. The minimum absolute atomic E-state index is 0.107. The van der Waals surface area contributed by atoms with Crippen molar-refractivity contribution in [3.05, 3.63) is 65.2 Å². The maximum Gasteiger partial charge on any atom is 0.408 e. The molecule has 8 nitrogen and oxygen atoms in total. The molecule has 0 heterocycles. The van der Waals surface area contributed by atoms with E-state index in [0.29, 0.717) is 12.1 Å². The Labute approximate surface area is 264 Å². The number of nitrogens with zero attached hydrogens (tertiary/aromatic N) is 1. The summed E-state index contributed by atoms with van der Waals surface area (Å²) < 4.78 is 5.53. The molecular formula is C36H55N3O5. The first kappa shape index (κ1) is 36.6. The second-order valence-electron chi connectivity index (χ2n) is 13.6. The Balaban J connectivity index is 2.57. The number of nitrogens with one attached hydrogen (secondary N) is 2. The van der Waals surface area contributed by atoms with E-state index >= 15 is 0 Å². The van der Waals surface area contributed by atoms with Gasteiger partial charge in [-0.3, -0.25) is 9.59 Å². The highest BCUT2D eigenvalue weighted by Crippen LogP contribution is 2.26. The Kier molecular flexibility index (Phi) is 14.2. The van der Waals surface area contributed by atoms with E-state index in [-0.39, 0.29) is 24.0 Å². The van der Waals surface area contributed by atoms with Crippen molar-refractivity contribution in [2.75, 3.05) is 6.54 Å². The third-order valence-corrected chi connectivity index (χ3v) is 7.16. The molecular weight excluding hydrogens is 554 g/mol. The third-order valence-electron chi connectivity index (χ3n) is 7.16. The fourth-order valence-electron chi connectivity index (χ4n) is 4.99. The van der Waals surface area contributed by atoms with Gasteiger partial charge in [-0.05, 0) is 83.2 Å². The van der Waals surface area contributed by atoms with E-state index in [4.69, 9.17) is 4.74 Å². The summed E-state index contributed by atoms with van der Waals surface area (Å²) >= 11 is 0. The maximum atomic E-state index is 14.6. The number of hydrogen-bond donors (Lipinski definition) is 3. The molecule has 2 rings (SSSR count). The minimum Gasteiger partial charge on any atom is -0.508 e. The molecule has 2 aromatic rings. The van der Waals surface area contributed by atoms with Gasteiger partial charge in [-0.1, -0.05) is 82.3 Å². The molecule has 0 spiro atoms. The largest absolute Gasteiger partial charge is 0.508 e. The summed E-state index contributed by atoms with van der Waals surface area (Å²) in [5.74, 6) is -0.538. The van der Waals surface area contributed by atoms with Gasteiger partial charge in [-0.15, -0.1) is 0 Å². The molecule has 0 radical (unpaired) electrons. The lowest BCUT2D eigenvalue weighted by atomic mass is 9.97. The number of benzene rings is 2. The zero-order valence-electron chi connectivity index (χ0n) is 28.2. The summed E-state index contributed by atoms with van der Waals surface area (Å²) in [6.07, 6.45) is 6.43. The van der Waals surface area contributed by atoms with Gasteiger partial charge in [0.1, 0.15) is 23.4 Å². The van der Waals surface area contributed by atoms with Gasteiger partial charge in [0.05, 0.1) is 0 Å². The van der Waals surface area contributed by atoms with Crippen LogP contribution >= 0.6 is 0 Å². The number of phenolic OH excluding ortho intramolecular Hbond substituents is 1. The van der Waals surface area contributed by atoms with Crippen molar-refractivity contribution in [1.29, 1.82) is 0 Å². The van der Waals surface area contributed by atoms with E-state index in [1.54, 1.807) is 49.9 Å². The molecule has 0 aliphatic rings. The highest BCUT2D eigenvalue weighted by molar-refractivity contribution is 5.92. The second-order valence-corrected chi connectivity index (χ2v) is 13.6. The van der Waals surface area contributed by atoms with Crippen LogP contribution in [-0.4, -0.2) is 51.6 Å². The molecule has 2 aromatic carbocycles. The number of unbranched alkanes of at least 4 members (excludes halogenated alkanes) is 5. The first-order valence-electron chi connectivity index (χ1n) is 16.1. The van der Waals surface area contributed by atoms with Gasteiger partial charge in [0.25, 0.3) is 0 Å². The second kappa shape index (κ2) is 17.1. The monoisotopic (exact) mass is 609 g/mol. The molecule has 0 bridgehead atoms. The summed E-state index contributed by atoms with van der Waals surface area (Å²) in [6.45, 7) is 15.6. The number of hydrogen-bond acceptors (Lipinski definition) is 5. The molecule has 2 atom stereocenters. The molecule has 244 valence electrons. The molecule has 0 fully saturated rings. The Morgan fingerprint density at radius 1 is 0.818 bits per heavy atom. The average molecular weight is 610 g/mol. The number of carbonyl (C=O) groups is 3. The molecule has 2 unspecified atom stereocenters. The van der Waals surface area contributed by atoms with Gasteiger partial charge < -0.3 is 25.4 Å². The van der Waals surface area contributed by atoms with Crippen molar-refractivity contribution in [3.8, 4) is 5.75 Å². The van der Waals surface area contributed by atoms with E-state index in [2.05, 4.69) is 24.5 Å². The first-order valence-corrected chi connectivity index (χ1v) is 16.1. The predicted octanol–water partition coefficient (Wildman–Crippen LogP) is 7.24. The van der Waals surface area contributed by atoms with Gasteiger partial charge in [-0.25, -0.2) is 4.79 Å². The molecule has 0 aliphatic carbocycles. The molecule has 8 heteroatoms. The van der Waals surface area contributed by atoms with Gasteiger partial charge in [-0.2, -0.15) is 0 Å². The van der Waals surface area contributed by atoms with Crippen LogP contribution in [0, 0.1) is 0 Å². The minimum atomic E-state index is -1.01. The first-order chi connectivity index (χ1) is 20.6. The van der Waals surface area contributed by atoms with E-state index in [9.17, 15) is 19.5 Å². The summed E-state index contributed by atoms with van der Waals surface area (Å²) in [7, 11) is 0. The topological polar surface area (TPSA) is 108 Å². The number of alkyl carbamates (subject to hydrolysis) is 1. The number of amides is 3. The Morgan fingerprint density at radius 3 is 1.93 bits per heavy atom. The fourth-order valence-corrected chi connectivity index (χ4v) is 4.99. The molecule has 0 aliphatic heterocycles. The van der Waals surface area contributed by atoms with Crippen LogP contribution < -0.4 is 10.6 Å². The third kappa shape index (κ3) is 13.0. The molecule has 3 amide bonds. The SMILES string of the molecule is CCCCCCCCN(C(=O)C(Cc1ccc(O)cc1)NC(=O)OC(C)(C)C)C(C(=O)NC(C)(C)C)c1ccc(CC)cc1.